The van der Waals surface area contributed by atoms with Crippen LogP contribution in [0.4, 0.5) is 23.7 Å². The van der Waals surface area contributed by atoms with Gasteiger partial charge in [0.1, 0.15) is 0 Å². The Balaban J connectivity index is 2.13. The molecule has 0 aliphatic carbocycles. The Bertz CT molecular complexity index is 655. The van der Waals surface area contributed by atoms with Crippen LogP contribution in [0, 0.1) is 0 Å². The van der Waals surface area contributed by atoms with Gasteiger partial charge in [0.2, 0.25) is 0 Å². The highest BCUT2D eigenvalue weighted by Crippen LogP contribution is 2.30. The first-order chi connectivity index (χ1) is 10.4. The molecule has 0 aliphatic heterocycles. The van der Waals surface area contributed by atoms with Gasteiger partial charge in [-0.15, -0.1) is 0 Å². The summed E-state index contributed by atoms with van der Waals surface area (Å²) in [5, 5.41) is 17.3. The molecule has 22 heavy (non-hydrogen) atoms. The first-order valence-electron chi connectivity index (χ1n) is 6.28. The molecule has 0 bridgehead atoms. The third-order valence-corrected chi connectivity index (χ3v) is 2.68. The lowest BCUT2D eigenvalue weighted by Gasteiger charge is -2.08. The van der Waals surface area contributed by atoms with Crippen molar-refractivity contribution in [2.75, 3.05) is 18.5 Å². The van der Waals surface area contributed by atoms with Gasteiger partial charge in [-0.1, -0.05) is 6.07 Å². The van der Waals surface area contributed by atoms with Crippen molar-refractivity contribution < 1.29 is 23.1 Å². The van der Waals surface area contributed by atoms with Gasteiger partial charge in [0.05, 0.1) is 35.9 Å². The molecule has 3 N–H and O–H groups in total. The van der Waals surface area contributed by atoms with Crippen LogP contribution in [-0.4, -0.2) is 34.1 Å². The second-order valence-electron chi connectivity index (χ2n) is 4.33. The molecule has 1 heterocycles. The van der Waals surface area contributed by atoms with E-state index in [0.717, 1.165) is 12.1 Å². The first-order valence-corrected chi connectivity index (χ1v) is 6.28. The summed E-state index contributed by atoms with van der Waals surface area (Å²) in [5.41, 5.74) is -0.248. The average molecular weight is 314 g/mol. The van der Waals surface area contributed by atoms with E-state index in [-0.39, 0.29) is 18.8 Å². The summed E-state index contributed by atoms with van der Waals surface area (Å²) in [6, 6.07) is 4.13. The molecule has 2 rings (SSSR count). The van der Waals surface area contributed by atoms with Gasteiger partial charge in [0, 0.05) is 6.54 Å². The number of halogens is 3. The Morgan fingerprint density at radius 2 is 2.14 bits per heavy atom. The molecule has 1 aromatic carbocycles. The number of aromatic nitrogens is 2. The van der Waals surface area contributed by atoms with Gasteiger partial charge in [-0.25, -0.2) is 9.48 Å². The van der Waals surface area contributed by atoms with Crippen molar-refractivity contribution in [3.8, 4) is 5.69 Å². The number of anilines is 1. The SMILES string of the molecule is O=C(NCCO)Nc1cnn(-c2cccc(C(F)(F)F)c2)c1. The number of aliphatic hydroxyl groups excluding tert-OH is 1. The van der Waals surface area contributed by atoms with Crippen LogP contribution in [-0.2, 0) is 6.18 Å². The van der Waals surface area contributed by atoms with Crippen molar-refractivity contribution in [1.29, 1.82) is 0 Å². The topological polar surface area (TPSA) is 79.2 Å². The van der Waals surface area contributed by atoms with Gasteiger partial charge < -0.3 is 15.7 Å². The van der Waals surface area contributed by atoms with Gasteiger partial charge in [0.15, 0.2) is 0 Å². The van der Waals surface area contributed by atoms with E-state index in [9.17, 15) is 18.0 Å². The number of urea groups is 1. The quantitative estimate of drug-likeness (QED) is 0.807. The molecule has 1 aromatic heterocycles. The highest BCUT2D eigenvalue weighted by atomic mass is 19.4. The number of nitrogens with zero attached hydrogens (tertiary/aromatic N) is 2. The predicted molar refractivity (Wildman–Crippen MR) is 72.7 cm³/mol. The molecule has 2 amide bonds. The molecule has 0 saturated heterocycles. The number of hydrogen-bond donors (Lipinski definition) is 3. The lowest BCUT2D eigenvalue weighted by Crippen LogP contribution is -2.30. The van der Waals surface area contributed by atoms with E-state index in [1.807, 2.05) is 0 Å². The van der Waals surface area contributed by atoms with Crippen LogP contribution < -0.4 is 10.6 Å². The van der Waals surface area contributed by atoms with Crippen LogP contribution in [0.3, 0.4) is 0 Å². The number of carbonyl (C=O) groups is 1. The normalized spacial score (nSPS) is 11.3. The second kappa shape index (κ2) is 6.48. The number of aliphatic hydroxyl groups is 1. The molecule has 0 atom stereocenters. The minimum atomic E-state index is -4.44. The molecule has 0 radical (unpaired) electrons. The molecule has 118 valence electrons. The van der Waals surface area contributed by atoms with E-state index < -0.39 is 17.8 Å². The monoisotopic (exact) mass is 314 g/mol. The van der Waals surface area contributed by atoms with Crippen molar-refractivity contribution in [1.82, 2.24) is 15.1 Å². The predicted octanol–water partition coefficient (Wildman–Crippen LogP) is 2.00. The molecule has 0 unspecified atom stereocenters. The Hall–Kier alpha value is -2.55. The molecule has 0 saturated carbocycles. The van der Waals surface area contributed by atoms with Crippen LogP contribution in [0.2, 0.25) is 0 Å². The second-order valence-corrected chi connectivity index (χ2v) is 4.33. The van der Waals surface area contributed by atoms with E-state index >= 15 is 0 Å². The summed E-state index contributed by atoms with van der Waals surface area (Å²) < 4.78 is 39.2. The molecule has 0 spiro atoms. The van der Waals surface area contributed by atoms with Crippen molar-refractivity contribution in [3.63, 3.8) is 0 Å². The van der Waals surface area contributed by atoms with Gasteiger partial charge >= 0.3 is 12.2 Å². The third kappa shape index (κ3) is 3.98. The van der Waals surface area contributed by atoms with E-state index in [2.05, 4.69) is 15.7 Å². The number of carbonyl (C=O) groups excluding carboxylic acids is 1. The zero-order chi connectivity index (χ0) is 16.2. The Labute approximate surface area is 123 Å². The zero-order valence-electron chi connectivity index (χ0n) is 11.3. The van der Waals surface area contributed by atoms with Crippen LogP contribution in [0.25, 0.3) is 5.69 Å². The maximum absolute atomic E-state index is 12.7. The molecular formula is C13H13F3N4O2. The molecular weight excluding hydrogens is 301 g/mol. The van der Waals surface area contributed by atoms with Gasteiger partial charge in [-0.05, 0) is 18.2 Å². The summed E-state index contributed by atoms with van der Waals surface area (Å²) in [5.74, 6) is 0. The maximum atomic E-state index is 12.7. The molecule has 2 aromatic rings. The van der Waals surface area contributed by atoms with Crippen molar-refractivity contribution in [2.45, 2.75) is 6.18 Å². The number of nitrogens with one attached hydrogen (secondary N) is 2. The summed E-state index contributed by atoms with van der Waals surface area (Å²) in [7, 11) is 0. The standard InChI is InChI=1S/C13H13F3N4O2/c14-13(15,16)9-2-1-3-11(6-9)20-8-10(7-18-20)19-12(22)17-4-5-21/h1-3,6-8,21H,4-5H2,(H2,17,19,22). The maximum Gasteiger partial charge on any atom is 0.416 e. The lowest BCUT2D eigenvalue weighted by molar-refractivity contribution is -0.137. The smallest absolute Gasteiger partial charge is 0.395 e. The number of amides is 2. The zero-order valence-corrected chi connectivity index (χ0v) is 11.3. The summed E-state index contributed by atoms with van der Waals surface area (Å²) in [6.45, 7) is -0.107. The minimum Gasteiger partial charge on any atom is -0.395 e. The van der Waals surface area contributed by atoms with E-state index in [1.165, 1.54) is 29.2 Å². The van der Waals surface area contributed by atoms with Gasteiger partial charge in [-0.3, -0.25) is 0 Å². The van der Waals surface area contributed by atoms with Crippen molar-refractivity contribution >= 4 is 11.7 Å². The number of benzene rings is 1. The van der Waals surface area contributed by atoms with Crippen LogP contribution in [0.15, 0.2) is 36.7 Å². The Morgan fingerprint density at radius 3 is 2.82 bits per heavy atom. The summed E-state index contributed by atoms with van der Waals surface area (Å²) in [4.78, 5) is 11.4. The number of rotatable bonds is 4. The Morgan fingerprint density at radius 1 is 1.36 bits per heavy atom. The summed E-state index contributed by atoms with van der Waals surface area (Å²) >= 11 is 0. The molecule has 9 heteroatoms. The minimum absolute atomic E-state index is 0.0909. The van der Waals surface area contributed by atoms with Gasteiger partial charge in [-0.2, -0.15) is 18.3 Å². The Kier molecular flexibility index (Phi) is 4.66. The van der Waals surface area contributed by atoms with Crippen LogP contribution in [0.5, 0.6) is 0 Å². The van der Waals surface area contributed by atoms with Crippen LogP contribution in [0.1, 0.15) is 5.56 Å². The lowest BCUT2D eigenvalue weighted by atomic mass is 10.2. The van der Waals surface area contributed by atoms with Gasteiger partial charge in [0.25, 0.3) is 0 Å². The van der Waals surface area contributed by atoms with E-state index in [0.29, 0.717) is 5.69 Å². The first kappa shape index (κ1) is 15.8. The third-order valence-electron chi connectivity index (χ3n) is 2.68. The molecule has 6 nitrogen and oxygen atoms in total. The highest BCUT2D eigenvalue weighted by Gasteiger charge is 2.30. The summed E-state index contributed by atoms with van der Waals surface area (Å²) in [6.07, 6.45) is -1.75. The van der Waals surface area contributed by atoms with Crippen molar-refractivity contribution in [3.05, 3.63) is 42.2 Å². The fourth-order valence-electron chi connectivity index (χ4n) is 1.70. The fourth-order valence-corrected chi connectivity index (χ4v) is 1.70. The molecule has 0 aliphatic rings. The van der Waals surface area contributed by atoms with Crippen LogP contribution >= 0.6 is 0 Å². The largest absolute Gasteiger partial charge is 0.416 e. The molecule has 0 fully saturated rings. The number of alkyl halides is 3. The van der Waals surface area contributed by atoms with E-state index in [4.69, 9.17) is 5.11 Å². The van der Waals surface area contributed by atoms with Crippen molar-refractivity contribution in [2.24, 2.45) is 0 Å². The average Bonchev–Trinajstić information content (AvgIpc) is 2.93. The fraction of sp³-hybridized carbons (Fsp3) is 0.231. The number of hydrogen-bond acceptors (Lipinski definition) is 3. The highest BCUT2D eigenvalue weighted by molar-refractivity contribution is 5.88. The van der Waals surface area contributed by atoms with E-state index in [1.54, 1.807) is 0 Å².